The lowest BCUT2D eigenvalue weighted by Gasteiger charge is -2.28. The summed E-state index contributed by atoms with van der Waals surface area (Å²) in [6, 6.07) is 0.582. The highest BCUT2D eigenvalue weighted by Gasteiger charge is 2.21. The van der Waals surface area contributed by atoms with E-state index in [0.29, 0.717) is 12.0 Å². The van der Waals surface area contributed by atoms with Crippen molar-refractivity contribution in [1.82, 2.24) is 5.32 Å². The van der Waals surface area contributed by atoms with E-state index < -0.39 is 0 Å². The molecule has 2 atom stereocenters. The van der Waals surface area contributed by atoms with Crippen LogP contribution in [0, 0.1) is 5.92 Å². The van der Waals surface area contributed by atoms with Crippen LogP contribution >= 0.6 is 0 Å². The van der Waals surface area contributed by atoms with Crippen LogP contribution in [0.3, 0.4) is 0 Å². The summed E-state index contributed by atoms with van der Waals surface area (Å²) in [5.74, 6) is 0.648. The molecule has 0 aromatic heterocycles. The lowest BCUT2D eigenvalue weighted by atomic mass is 9.90. The third-order valence-electron chi connectivity index (χ3n) is 2.64. The maximum atomic E-state index is 5.65. The molecule has 0 aliphatic carbocycles. The lowest BCUT2D eigenvalue weighted by molar-refractivity contribution is 0.287. The minimum absolute atomic E-state index is 0.582. The van der Waals surface area contributed by atoms with Crippen LogP contribution in [0.1, 0.15) is 32.6 Å². The van der Waals surface area contributed by atoms with Gasteiger partial charge in [0.05, 0.1) is 0 Å². The second kappa shape index (κ2) is 4.73. The fourth-order valence-corrected chi connectivity index (χ4v) is 1.79. The van der Waals surface area contributed by atoms with Crippen molar-refractivity contribution in [2.24, 2.45) is 11.7 Å². The molecule has 1 rings (SSSR count). The molecule has 2 N–H and O–H groups in total. The third kappa shape index (κ3) is 2.46. The van der Waals surface area contributed by atoms with Crippen molar-refractivity contribution in [3.63, 3.8) is 0 Å². The van der Waals surface area contributed by atoms with Crippen molar-refractivity contribution in [2.45, 2.75) is 38.6 Å². The Balaban J connectivity index is 2.30. The number of piperidine rings is 1. The molecule has 0 spiro atoms. The van der Waals surface area contributed by atoms with Gasteiger partial charge in [0.15, 0.2) is 0 Å². The molecule has 2 nitrogen and oxygen atoms in total. The summed E-state index contributed by atoms with van der Waals surface area (Å²) in [6.07, 6.45) is 5.10. The maximum absolute atomic E-state index is 5.65. The van der Waals surface area contributed by atoms with Crippen molar-refractivity contribution in [2.75, 3.05) is 13.1 Å². The van der Waals surface area contributed by atoms with E-state index in [0.717, 1.165) is 13.1 Å². The van der Waals surface area contributed by atoms with Crippen molar-refractivity contribution in [3.05, 3.63) is 0 Å². The molecule has 0 bridgehead atoms. The summed E-state index contributed by atoms with van der Waals surface area (Å²) in [7, 11) is 0. The van der Waals surface area contributed by atoms with E-state index in [1.54, 1.807) is 0 Å². The Morgan fingerprint density at radius 1 is 1.55 bits per heavy atom. The summed E-state index contributed by atoms with van der Waals surface area (Å²) in [4.78, 5) is 0. The van der Waals surface area contributed by atoms with Crippen LogP contribution in [-0.4, -0.2) is 19.1 Å². The first-order valence-corrected chi connectivity index (χ1v) is 4.75. The zero-order valence-corrected chi connectivity index (χ0v) is 7.42. The molecule has 1 fully saturated rings. The summed E-state index contributed by atoms with van der Waals surface area (Å²) in [5.41, 5.74) is 5.65. The second-order valence-corrected chi connectivity index (χ2v) is 3.37. The molecule has 2 heteroatoms. The van der Waals surface area contributed by atoms with E-state index in [2.05, 4.69) is 12.2 Å². The molecule has 11 heavy (non-hydrogen) atoms. The standard InChI is InChI=1S/C9H19N2/c1-2-8(7-10)9-5-3-4-6-11-9/h8-9H,2-7,10H2,1H3. The molecule has 0 amide bonds. The van der Waals surface area contributed by atoms with Gasteiger partial charge in [0.1, 0.15) is 0 Å². The maximum Gasteiger partial charge on any atom is 0.0286 e. The van der Waals surface area contributed by atoms with Crippen LogP contribution in [0.15, 0.2) is 0 Å². The van der Waals surface area contributed by atoms with Crippen LogP contribution in [0.2, 0.25) is 0 Å². The van der Waals surface area contributed by atoms with E-state index in [4.69, 9.17) is 5.73 Å². The SMILES string of the molecule is CCC(CN)C1CCCC[N]1. The number of nitrogens with two attached hydrogens (primary N) is 1. The van der Waals surface area contributed by atoms with Gasteiger partial charge in [0.2, 0.25) is 0 Å². The summed E-state index contributed by atoms with van der Waals surface area (Å²) in [5, 5.41) is 4.59. The topological polar surface area (TPSA) is 40.1 Å². The molecule has 0 aromatic rings. The van der Waals surface area contributed by atoms with Crippen LogP contribution < -0.4 is 11.1 Å². The van der Waals surface area contributed by atoms with E-state index in [-0.39, 0.29) is 0 Å². The molecular weight excluding hydrogens is 136 g/mol. The first kappa shape index (κ1) is 9.01. The first-order chi connectivity index (χ1) is 5.38. The summed E-state index contributed by atoms with van der Waals surface area (Å²) in [6.45, 7) is 4.09. The summed E-state index contributed by atoms with van der Waals surface area (Å²) >= 11 is 0. The molecule has 2 unspecified atom stereocenters. The average molecular weight is 155 g/mol. The predicted molar refractivity (Wildman–Crippen MR) is 47.5 cm³/mol. The van der Waals surface area contributed by atoms with E-state index in [1.165, 1.54) is 25.7 Å². The Morgan fingerprint density at radius 3 is 2.82 bits per heavy atom. The van der Waals surface area contributed by atoms with Gasteiger partial charge in [-0.3, -0.25) is 0 Å². The number of hydrogen-bond acceptors (Lipinski definition) is 1. The summed E-state index contributed by atoms with van der Waals surface area (Å²) < 4.78 is 0. The highest BCUT2D eigenvalue weighted by Crippen LogP contribution is 2.18. The smallest absolute Gasteiger partial charge is 0.0286 e. The Hall–Kier alpha value is -0.0800. The normalized spacial score (nSPS) is 28.4. The van der Waals surface area contributed by atoms with Crippen LogP contribution in [0.5, 0.6) is 0 Å². The molecule has 1 radical (unpaired) electrons. The monoisotopic (exact) mass is 155 g/mol. The Kier molecular flexibility index (Phi) is 3.87. The Morgan fingerprint density at radius 2 is 2.36 bits per heavy atom. The number of rotatable bonds is 3. The highest BCUT2D eigenvalue weighted by atomic mass is 14.9. The minimum atomic E-state index is 0.582. The molecule has 65 valence electrons. The van der Waals surface area contributed by atoms with E-state index >= 15 is 0 Å². The van der Waals surface area contributed by atoms with Gasteiger partial charge in [0, 0.05) is 12.6 Å². The lowest BCUT2D eigenvalue weighted by Crippen LogP contribution is -2.38. The minimum Gasteiger partial charge on any atom is -0.330 e. The molecule has 0 saturated carbocycles. The number of hydrogen-bond donors (Lipinski definition) is 1. The largest absolute Gasteiger partial charge is 0.330 e. The van der Waals surface area contributed by atoms with Gasteiger partial charge in [-0.2, -0.15) is 0 Å². The highest BCUT2D eigenvalue weighted by molar-refractivity contribution is 4.78. The fourth-order valence-electron chi connectivity index (χ4n) is 1.79. The zero-order valence-electron chi connectivity index (χ0n) is 7.42. The second-order valence-electron chi connectivity index (χ2n) is 3.37. The zero-order chi connectivity index (χ0) is 8.10. The van der Waals surface area contributed by atoms with Crippen molar-refractivity contribution < 1.29 is 0 Å². The van der Waals surface area contributed by atoms with Gasteiger partial charge in [-0.1, -0.05) is 19.8 Å². The first-order valence-electron chi connectivity index (χ1n) is 4.75. The Bertz CT molecular complexity index is 93.7. The van der Waals surface area contributed by atoms with Gasteiger partial charge < -0.3 is 5.73 Å². The fraction of sp³-hybridized carbons (Fsp3) is 1.00. The quantitative estimate of drug-likeness (QED) is 0.652. The van der Waals surface area contributed by atoms with Crippen molar-refractivity contribution in [1.29, 1.82) is 0 Å². The van der Waals surface area contributed by atoms with Gasteiger partial charge in [-0.05, 0) is 25.3 Å². The Labute approximate surface area is 69.5 Å². The molecule has 1 aliphatic rings. The molecule has 0 aromatic carbocycles. The molecular formula is C9H19N2. The molecule has 1 saturated heterocycles. The number of nitrogens with zero attached hydrogens (tertiary/aromatic N) is 1. The third-order valence-corrected chi connectivity index (χ3v) is 2.64. The van der Waals surface area contributed by atoms with Crippen LogP contribution in [0.25, 0.3) is 0 Å². The van der Waals surface area contributed by atoms with Gasteiger partial charge in [-0.15, -0.1) is 0 Å². The van der Waals surface area contributed by atoms with Gasteiger partial charge >= 0.3 is 0 Å². The molecule has 1 heterocycles. The van der Waals surface area contributed by atoms with Gasteiger partial charge in [-0.25, -0.2) is 5.32 Å². The predicted octanol–water partition coefficient (Wildman–Crippen LogP) is 1.13. The van der Waals surface area contributed by atoms with Crippen LogP contribution in [0.4, 0.5) is 0 Å². The average Bonchev–Trinajstić information content (AvgIpc) is 2.09. The molecule has 1 aliphatic heterocycles. The van der Waals surface area contributed by atoms with Crippen molar-refractivity contribution in [3.8, 4) is 0 Å². The van der Waals surface area contributed by atoms with Crippen molar-refractivity contribution >= 4 is 0 Å². The van der Waals surface area contributed by atoms with E-state index in [9.17, 15) is 0 Å². The van der Waals surface area contributed by atoms with Gasteiger partial charge in [0.25, 0.3) is 0 Å². The van der Waals surface area contributed by atoms with Crippen LogP contribution in [-0.2, 0) is 0 Å². The van der Waals surface area contributed by atoms with E-state index in [1.807, 2.05) is 0 Å².